The molecule has 0 aliphatic carbocycles. The van der Waals surface area contributed by atoms with Crippen molar-refractivity contribution < 1.29 is 48.7 Å². The Hall–Kier alpha value is -6.10. The van der Waals surface area contributed by atoms with Crippen molar-refractivity contribution in [2.75, 3.05) is 19.7 Å². The van der Waals surface area contributed by atoms with E-state index >= 15 is 0 Å². The number of benzene rings is 1. The van der Waals surface area contributed by atoms with E-state index in [0.29, 0.717) is 12.8 Å². The fourth-order valence-electron chi connectivity index (χ4n) is 5.86. The van der Waals surface area contributed by atoms with Crippen molar-refractivity contribution in [3.63, 3.8) is 0 Å². The van der Waals surface area contributed by atoms with Crippen LogP contribution < -0.4 is 54.8 Å². The van der Waals surface area contributed by atoms with Gasteiger partial charge < -0.3 is 65.0 Å². The zero-order valence-corrected chi connectivity index (χ0v) is 35.6. The lowest BCUT2D eigenvalue weighted by molar-refractivity contribution is -0.385. The predicted molar refractivity (Wildman–Crippen MR) is 224 cm³/mol. The van der Waals surface area contributed by atoms with Crippen LogP contribution in [0.25, 0.3) is 0 Å². The number of carbonyl (C=O) groups is 7. The van der Waals surface area contributed by atoms with E-state index in [1.165, 1.54) is 6.07 Å². The molecule has 342 valence electrons. The molecule has 0 aliphatic rings. The number of hydrogen-bond donors (Lipinski definition) is 12. The Morgan fingerprint density at radius 1 is 0.787 bits per heavy atom. The molecule has 16 N–H and O–H groups in total. The van der Waals surface area contributed by atoms with Gasteiger partial charge in [-0.3, -0.25) is 48.7 Å². The van der Waals surface area contributed by atoms with Crippen LogP contribution >= 0.6 is 0 Å². The highest BCUT2D eigenvalue weighted by Gasteiger charge is 2.33. The maximum absolute atomic E-state index is 13.9. The van der Waals surface area contributed by atoms with Crippen molar-refractivity contribution in [1.82, 2.24) is 31.9 Å². The third-order valence-electron chi connectivity index (χ3n) is 9.81. The number of phenolic OH excluding ortho intramolecular Hbond substituents is 1. The summed E-state index contributed by atoms with van der Waals surface area (Å²) in [6.45, 7) is 9.25. The lowest BCUT2D eigenvalue weighted by Crippen LogP contribution is -2.59. The Morgan fingerprint density at radius 2 is 1.34 bits per heavy atom. The highest BCUT2D eigenvalue weighted by Crippen LogP contribution is 2.27. The number of aliphatic imine (C=N–C) groups is 1. The molecule has 0 radical (unpaired) electrons. The van der Waals surface area contributed by atoms with Gasteiger partial charge >= 0.3 is 5.69 Å². The van der Waals surface area contributed by atoms with Crippen LogP contribution in [0.15, 0.2) is 23.2 Å². The van der Waals surface area contributed by atoms with E-state index in [1.807, 2.05) is 13.8 Å². The summed E-state index contributed by atoms with van der Waals surface area (Å²) in [6, 6.07) is -4.21. The van der Waals surface area contributed by atoms with E-state index in [-0.39, 0.29) is 49.7 Å². The summed E-state index contributed by atoms with van der Waals surface area (Å²) in [5, 5.41) is 46.0. The molecule has 0 bridgehead atoms. The Bertz CT molecular complexity index is 1720. The summed E-state index contributed by atoms with van der Waals surface area (Å²) >= 11 is 0. The maximum Gasteiger partial charge on any atom is 0.310 e. The molecule has 0 saturated carbocycles. The van der Waals surface area contributed by atoms with E-state index in [9.17, 15) is 53.9 Å². The fraction of sp³-hybridized carbons (Fsp3) is 0.632. The number of phenols is 1. The molecule has 23 nitrogen and oxygen atoms in total. The lowest BCUT2D eigenvalue weighted by Gasteiger charge is -2.28. The van der Waals surface area contributed by atoms with Crippen LogP contribution in [0.4, 0.5) is 5.69 Å². The molecule has 0 heterocycles. The standard InChI is InChI=1S/C38H64N12O11/c1-7-20(5)30(32(40)54)48-36(58)26(15-22-11-12-28(52)27(16-22)50(60)61)47-34(56)24(10-9-13-43-38(41)42)45-29(53)17-44-37(59)31(21(6)8-2)49-35(57)25(14-19(3)4)46-33(55)23(39)18-51/h11-12,16,19-21,23-26,30-31,51-52H,7-10,13-15,17-18,39H2,1-6H3,(H2,40,54)(H,44,59)(H,45,53)(H,46,55)(H,47,56)(H,48,58)(H,49,57)(H4,41,42,43)/t20-,21-,23-,24-,25-,26-,30-,31-/m0/s1. The van der Waals surface area contributed by atoms with Crippen LogP contribution in [0.2, 0.25) is 0 Å². The van der Waals surface area contributed by atoms with Crippen LogP contribution in [-0.2, 0) is 40.0 Å². The van der Waals surface area contributed by atoms with Gasteiger partial charge in [-0.2, -0.15) is 0 Å². The summed E-state index contributed by atoms with van der Waals surface area (Å²) in [7, 11) is 0. The first-order chi connectivity index (χ1) is 28.6. The van der Waals surface area contributed by atoms with Crippen molar-refractivity contribution in [2.24, 2.45) is 45.7 Å². The summed E-state index contributed by atoms with van der Waals surface area (Å²) < 4.78 is 0. The molecule has 61 heavy (non-hydrogen) atoms. The Labute approximate surface area is 354 Å². The smallest absolute Gasteiger partial charge is 0.310 e. The van der Waals surface area contributed by atoms with Gasteiger partial charge in [0.2, 0.25) is 41.4 Å². The van der Waals surface area contributed by atoms with Crippen molar-refractivity contribution >= 4 is 53.0 Å². The van der Waals surface area contributed by atoms with Crippen LogP contribution in [-0.4, -0.2) is 118 Å². The minimum Gasteiger partial charge on any atom is -0.502 e. The molecule has 0 unspecified atom stereocenters. The quantitative estimate of drug-likeness (QED) is 0.0142. The number of carbonyl (C=O) groups excluding carboxylic acids is 7. The molecule has 0 aliphatic heterocycles. The second-order valence-corrected chi connectivity index (χ2v) is 15.3. The normalized spacial score (nSPS) is 15.0. The number of nitro benzene ring substituents is 1. The second kappa shape index (κ2) is 26.2. The number of aliphatic hydroxyl groups is 1. The van der Waals surface area contributed by atoms with Gasteiger partial charge in [0.25, 0.3) is 0 Å². The van der Waals surface area contributed by atoms with Crippen LogP contribution in [0, 0.1) is 27.9 Å². The fourth-order valence-corrected chi connectivity index (χ4v) is 5.86. The Morgan fingerprint density at radius 3 is 1.89 bits per heavy atom. The average molecular weight is 865 g/mol. The number of guanidine groups is 1. The van der Waals surface area contributed by atoms with Gasteiger partial charge in [-0.1, -0.05) is 60.5 Å². The van der Waals surface area contributed by atoms with E-state index < -0.39 is 119 Å². The zero-order valence-electron chi connectivity index (χ0n) is 35.6. The number of amides is 7. The maximum atomic E-state index is 13.9. The average Bonchev–Trinajstić information content (AvgIpc) is 3.20. The van der Waals surface area contributed by atoms with Crippen LogP contribution in [0.5, 0.6) is 5.75 Å². The van der Waals surface area contributed by atoms with Crippen LogP contribution in [0.3, 0.4) is 0 Å². The summed E-state index contributed by atoms with van der Waals surface area (Å²) in [5.41, 5.74) is 21.5. The molecule has 8 atom stereocenters. The first-order valence-electron chi connectivity index (χ1n) is 20.0. The molecule has 1 aromatic carbocycles. The monoisotopic (exact) mass is 864 g/mol. The number of nitrogens with two attached hydrogens (primary N) is 4. The SMILES string of the molecule is CC[C@H](C)[C@H](NC(=O)[C@H](Cc1ccc(O)c([N+](=O)[O-])c1)NC(=O)[C@H](CCCN=C(N)N)NC(=O)CNC(=O)[C@@H](NC(=O)[C@H](CC(C)C)NC(=O)[C@@H](N)CO)[C@@H](C)CC)C(N)=O. The van der Waals surface area contributed by atoms with Gasteiger partial charge in [0, 0.05) is 19.0 Å². The van der Waals surface area contributed by atoms with E-state index in [2.05, 4.69) is 36.9 Å². The van der Waals surface area contributed by atoms with Crippen molar-refractivity contribution in [2.45, 2.75) is 116 Å². The van der Waals surface area contributed by atoms with E-state index in [4.69, 9.17) is 22.9 Å². The lowest BCUT2D eigenvalue weighted by atomic mass is 9.96. The molecule has 0 fully saturated rings. The molecular formula is C38H64N12O11. The molecule has 0 aromatic heterocycles. The molecule has 7 amide bonds. The van der Waals surface area contributed by atoms with Gasteiger partial charge in [-0.05, 0) is 48.6 Å². The predicted octanol–water partition coefficient (Wildman–Crippen LogP) is -2.62. The van der Waals surface area contributed by atoms with Crippen molar-refractivity contribution in [3.05, 3.63) is 33.9 Å². The Kier molecular flexibility index (Phi) is 22.7. The summed E-state index contributed by atoms with van der Waals surface area (Å²) in [4.78, 5) is 107. The van der Waals surface area contributed by atoms with Gasteiger partial charge in [0.05, 0.1) is 18.1 Å². The summed E-state index contributed by atoms with van der Waals surface area (Å²) in [6.07, 6.45) is 0.725. The first-order valence-corrected chi connectivity index (χ1v) is 20.0. The molecule has 1 rings (SSSR count). The number of nitro groups is 1. The minimum absolute atomic E-state index is 0.0372. The topological polar surface area (TPSA) is 392 Å². The van der Waals surface area contributed by atoms with Gasteiger partial charge in [0.1, 0.15) is 36.3 Å². The molecular weight excluding hydrogens is 800 g/mol. The van der Waals surface area contributed by atoms with E-state index in [1.54, 1.807) is 27.7 Å². The highest BCUT2D eigenvalue weighted by atomic mass is 16.6. The number of hydrogen-bond acceptors (Lipinski definition) is 13. The van der Waals surface area contributed by atoms with E-state index in [0.717, 1.165) is 12.1 Å². The molecule has 23 heteroatoms. The van der Waals surface area contributed by atoms with Crippen molar-refractivity contribution in [3.8, 4) is 5.75 Å². The third kappa shape index (κ3) is 18.4. The Balaban J connectivity index is 3.39. The molecule has 1 aromatic rings. The van der Waals surface area contributed by atoms with Crippen LogP contribution in [0.1, 0.15) is 79.2 Å². The second-order valence-electron chi connectivity index (χ2n) is 15.3. The zero-order chi connectivity index (χ0) is 46.6. The molecule has 0 saturated heterocycles. The highest BCUT2D eigenvalue weighted by molar-refractivity contribution is 5.96. The summed E-state index contributed by atoms with van der Waals surface area (Å²) in [5.74, 6) is -7.50. The minimum atomic E-state index is -1.50. The first kappa shape index (κ1) is 52.9. The largest absolute Gasteiger partial charge is 0.502 e. The van der Waals surface area contributed by atoms with Crippen molar-refractivity contribution in [1.29, 1.82) is 0 Å². The number of nitrogens with one attached hydrogen (secondary N) is 6. The number of rotatable bonds is 27. The van der Waals surface area contributed by atoms with Gasteiger partial charge in [-0.15, -0.1) is 0 Å². The van der Waals surface area contributed by atoms with Gasteiger partial charge in [-0.25, -0.2) is 0 Å². The molecule has 0 spiro atoms. The third-order valence-corrected chi connectivity index (χ3v) is 9.81. The number of primary amides is 1. The van der Waals surface area contributed by atoms with Gasteiger partial charge in [0.15, 0.2) is 11.7 Å². The number of aliphatic hydroxyl groups excluding tert-OH is 1. The number of nitrogens with zero attached hydrogens (tertiary/aromatic N) is 2. The number of aromatic hydroxyl groups is 1.